The van der Waals surface area contributed by atoms with E-state index >= 15 is 0 Å². The van der Waals surface area contributed by atoms with Crippen LogP contribution in [0.25, 0.3) is 0 Å². The molecule has 0 radical (unpaired) electrons. The van der Waals surface area contributed by atoms with E-state index in [4.69, 9.17) is 0 Å². The first kappa shape index (κ1) is 20.5. The van der Waals surface area contributed by atoms with Gasteiger partial charge in [-0.25, -0.2) is 4.79 Å². The first-order valence-corrected chi connectivity index (χ1v) is 9.11. The number of carbonyl (C=O) groups is 1. The second-order valence-electron chi connectivity index (χ2n) is 6.37. The summed E-state index contributed by atoms with van der Waals surface area (Å²) < 4.78 is 40.2. The van der Waals surface area contributed by atoms with E-state index in [9.17, 15) is 18.0 Å². The fourth-order valence-corrected chi connectivity index (χ4v) is 2.87. The van der Waals surface area contributed by atoms with Crippen molar-refractivity contribution in [1.29, 1.82) is 0 Å². The van der Waals surface area contributed by atoms with Gasteiger partial charge in [-0.2, -0.15) is 5.10 Å². The number of urea groups is 1. The maximum atomic E-state index is 12.1. The van der Waals surface area contributed by atoms with E-state index in [1.807, 2.05) is 6.07 Å². The molecule has 1 saturated heterocycles. The molecular weight excluding hydrogens is 389 g/mol. The molecule has 0 saturated carbocycles. The van der Waals surface area contributed by atoms with E-state index in [1.165, 1.54) is 25.0 Å². The molecule has 0 unspecified atom stereocenters. The van der Waals surface area contributed by atoms with Crippen LogP contribution >= 0.6 is 0 Å². The Bertz CT molecular complexity index is 810. The largest absolute Gasteiger partial charge is 0.573 e. The number of rotatable bonds is 7. The third-order valence-corrected chi connectivity index (χ3v) is 4.17. The average molecular weight is 410 g/mol. The molecule has 0 aliphatic carbocycles. The zero-order valence-corrected chi connectivity index (χ0v) is 15.5. The monoisotopic (exact) mass is 410 g/mol. The minimum atomic E-state index is -4.75. The van der Waals surface area contributed by atoms with Crippen molar-refractivity contribution < 1.29 is 22.7 Å². The van der Waals surface area contributed by atoms with E-state index in [0.717, 1.165) is 30.9 Å². The average Bonchev–Trinajstić information content (AvgIpc) is 3.21. The Morgan fingerprint density at radius 3 is 2.55 bits per heavy atom. The second-order valence-corrected chi connectivity index (χ2v) is 6.37. The molecule has 2 aromatic rings. The number of alkyl halides is 3. The SMILES string of the molecule is O=C(NCCNc1cc(N2CCCC2)cnn1)Nc1ccc(OC(F)(F)F)cc1. The Balaban J connectivity index is 1.38. The first-order valence-electron chi connectivity index (χ1n) is 9.11. The number of hydrogen-bond donors (Lipinski definition) is 3. The molecule has 156 valence electrons. The van der Waals surface area contributed by atoms with Crippen LogP contribution in [0, 0.1) is 0 Å². The van der Waals surface area contributed by atoms with Crippen molar-refractivity contribution in [3.63, 3.8) is 0 Å². The Morgan fingerprint density at radius 1 is 1.14 bits per heavy atom. The summed E-state index contributed by atoms with van der Waals surface area (Å²) in [6.07, 6.45) is -0.685. The van der Waals surface area contributed by atoms with Gasteiger partial charge in [-0.1, -0.05) is 0 Å². The van der Waals surface area contributed by atoms with Crippen LogP contribution in [0.1, 0.15) is 12.8 Å². The number of nitrogens with zero attached hydrogens (tertiary/aromatic N) is 3. The number of amides is 2. The number of nitrogens with one attached hydrogen (secondary N) is 3. The molecule has 1 aliphatic rings. The maximum Gasteiger partial charge on any atom is 0.573 e. The number of anilines is 3. The molecular formula is C18H21F3N6O2. The van der Waals surface area contributed by atoms with E-state index in [-0.39, 0.29) is 5.75 Å². The van der Waals surface area contributed by atoms with Crippen molar-refractivity contribution in [2.45, 2.75) is 19.2 Å². The summed E-state index contributed by atoms with van der Waals surface area (Å²) in [7, 11) is 0. The van der Waals surface area contributed by atoms with E-state index in [2.05, 4.69) is 35.8 Å². The Morgan fingerprint density at radius 2 is 1.86 bits per heavy atom. The Labute approximate surface area is 165 Å². The predicted molar refractivity (Wildman–Crippen MR) is 102 cm³/mol. The molecule has 2 heterocycles. The lowest BCUT2D eigenvalue weighted by molar-refractivity contribution is -0.274. The normalized spacial score (nSPS) is 13.8. The summed E-state index contributed by atoms with van der Waals surface area (Å²) in [4.78, 5) is 14.1. The van der Waals surface area contributed by atoms with Gasteiger partial charge in [0.25, 0.3) is 0 Å². The van der Waals surface area contributed by atoms with Gasteiger partial charge in [0.05, 0.1) is 11.9 Å². The van der Waals surface area contributed by atoms with Gasteiger partial charge in [0, 0.05) is 37.9 Å². The molecule has 0 spiro atoms. The number of hydrogen-bond acceptors (Lipinski definition) is 6. The van der Waals surface area contributed by atoms with Crippen LogP contribution in [0.4, 0.5) is 35.2 Å². The fraction of sp³-hybridized carbons (Fsp3) is 0.389. The molecule has 1 aromatic carbocycles. The van der Waals surface area contributed by atoms with Crippen LogP contribution in [0.3, 0.4) is 0 Å². The Hall–Kier alpha value is -3.24. The summed E-state index contributed by atoms with van der Waals surface area (Å²) in [5.41, 5.74) is 1.36. The highest BCUT2D eigenvalue weighted by atomic mass is 19.4. The molecule has 1 aromatic heterocycles. The van der Waals surface area contributed by atoms with Crippen LogP contribution in [0.5, 0.6) is 5.75 Å². The molecule has 11 heteroatoms. The van der Waals surface area contributed by atoms with Crippen LogP contribution in [0.15, 0.2) is 36.5 Å². The summed E-state index contributed by atoms with van der Waals surface area (Å²) in [6, 6.07) is 6.32. The second kappa shape index (κ2) is 9.30. The van der Waals surface area contributed by atoms with E-state index < -0.39 is 12.4 Å². The van der Waals surface area contributed by atoms with E-state index in [0.29, 0.717) is 24.6 Å². The topological polar surface area (TPSA) is 91.4 Å². The quantitative estimate of drug-likeness (QED) is 0.608. The third kappa shape index (κ3) is 6.70. The molecule has 0 atom stereocenters. The van der Waals surface area contributed by atoms with Gasteiger partial charge in [0.2, 0.25) is 0 Å². The highest BCUT2D eigenvalue weighted by Gasteiger charge is 2.30. The highest BCUT2D eigenvalue weighted by Crippen LogP contribution is 2.24. The van der Waals surface area contributed by atoms with Crippen molar-refractivity contribution in [1.82, 2.24) is 15.5 Å². The molecule has 1 fully saturated rings. The lowest BCUT2D eigenvalue weighted by atomic mass is 10.3. The van der Waals surface area contributed by atoms with E-state index in [1.54, 1.807) is 6.20 Å². The van der Waals surface area contributed by atoms with Crippen molar-refractivity contribution in [3.05, 3.63) is 36.5 Å². The molecule has 3 rings (SSSR count). The number of aromatic nitrogens is 2. The number of halogens is 3. The first-order chi connectivity index (χ1) is 13.9. The van der Waals surface area contributed by atoms with Gasteiger partial charge >= 0.3 is 12.4 Å². The number of carbonyl (C=O) groups excluding carboxylic acids is 1. The third-order valence-electron chi connectivity index (χ3n) is 4.17. The van der Waals surface area contributed by atoms with Gasteiger partial charge in [0.15, 0.2) is 5.82 Å². The van der Waals surface area contributed by atoms with Crippen molar-refractivity contribution in [2.75, 3.05) is 41.7 Å². The zero-order chi connectivity index (χ0) is 20.7. The molecule has 8 nitrogen and oxygen atoms in total. The smallest absolute Gasteiger partial charge is 0.406 e. The molecule has 2 amide bonds. The van der Waals surface area contributed by atoms with Crippen molar-refractivity contribution >= 4 is 23.2 Å². The molecule has 0 bridgehead atoms. The zero-order valence-electron chi connectivity index (χ0n) is 15.5. The van der Waals surface area contributed by atoms with Crippen LogP contribution in [-0.4, -0.2) is 48.8 Å². The summed E-state index contributed by atoms with van der Waals surface area (Å²) in [6.45, 7) is 2.77. The number of benzene rings is 1. The van der Waals surface area contributed by atoms with Crippen molar-refractivity contribution in [3.8, 4) is 5.75 Å². The summed E-state index contributed by atoms with van der Waals surface area (Å²) >= 11 is 0. The minimum absolute atomic E-state index is 0.316. The van der Waals surface area contributed by atoms with Crippen molar-refractivity contribution in [2.24, 2.45) is 0 Å². The van der Waals surface area contributed by atoms with Gasteiger partial charge in [0.1, 0.15) is 5.75 Å². The summed E-state index contributed by atoms with van der Waals surface area (Å²) in [5.74, 6) is 0.266. The van der Waals surface area contributed by atoms with Gasteiger partial charge in [-0.3, -0.25) is 0 Å². The lowest BCUT2D eigenvalue weighted by Gasteiger charge is -2.17. The standard InChI is InChI=1S/C18H21F3N6O2/c19-18(20,21)29-15-5-3-13(4-6-15)25-17(28)23-8-7-22-16-11-14(12-24-26-16)27-9-1-2-10-27/h3-6,11-12H,1-2,7-10H2,(H,22,26)(H2,23,25,28). The summed E-state index contributed by atoms with van der Waals surface area (Å²) in [5, 5.41) is 16.3. The Kier molecular flexibility index (Phi) is 6.57. The van der Waals surface area contributed by atoms with Gasteiger partial charge in [-0.15, -0.1) is 18.3 Å². The number of ether oxygens (including phenoxy) is 1. The minimum Gasteiger partial charge on any atom is -0.406 e. The molecule has 1 aliphatic heterocycles. The fourth-order valence-electron chi connectivity index (χ4n) is 2.87. The van der Waals surface area contributed by atoms with Crippen LogP contribution < -0.4 is 25.6 Å². The molecule has 29 heavy (non-hydrogen) atoms. The van der Waals surface area contributed by atoms with Gasteiger partial charge < -0.3 is 25.6 Å². The molecule has 3 N–H and O–H groups in total. The highest BCUT2D eigenvalue weighted by molar-refractivity contribution is 5.89. The maximum absolute atomic E-state index is 12.1. The lowest BCUT2D eigenvalue weighted by Crippen LogP contribution is -2.32. The van der Waals surface area contributed by atoms with Crippen LogP contribution in [0.2, 0.25) is 0 Å². The predicted octanol–water partition coefficient (Wildman–Crippen LogP) is 3.21. The van der Waals surface area contributed by atoms with Gasteiger partial charge in [-0.05, 0) is 37.1 Å². The van der Waals surface area contributed by atoms with Crippen LogP contribution in [-0.2, 0) is 0 Å².